The summed E-state index contributed by atoms with van der Waals surface area (Å²) in [6.45, 7) is 3.52. The van der Waals surface area contributed by atoms with Crippen LogP contribution in [0, 0.1) is 5.92 Å². The summed E-state index contributed by atoms with van der Waals surface area (Å²) < 4.78 is 4.84. The molecule has 2 fully saturated rings. The second-order valence-corrected chi connectivity index (χ2v) is 6.73. The van der Waals surface area contributed by atoms with Crippen LogP contribution in [0.5, 0.6) is 0 Å². The zero-order chi connectivity index (χ0) is 14.8. The van der Waals surface area contributed by atoms with Crippen LogP contribution >= 0.6 is 0 Å². The predicted molar refractivity (Wildman–Crippen MR) is 79.4 cm³/mol. The van der Waals surface area contributed by atoms with Gasteiger partial charge in [-0.3, -0.25) is 4.79 Å². The number of methoxy groups -OCH3 is 1. The van der Waals surface area contributed by atoms with Crippen LogP contribution < -0.4 is 5.73 Å². The van der Waals surface area contributed by atoms with Gasteiger partial charge in [0.1, 0.15) is 5.54 Å². The van der Waals surface area contributed by atoms with Crippen molar-refractivity contribution in [3.63, 3.8) is 0 Å². The van der Waals surface area contributed by atoms with Gasteiger partial charge in [0.15, 0.2) is 0 Å². The number of piperidine rings is 1. The van der Waals surface area contributed by atoms with Gasteiger partial charge >= 0.3 is 5.97 Å². The Bertz CT molecular complexity index is 342. The number of carbonyl (C=O) groups is 1. The van der Waals surface area contributed by atoms with Crippen LogP contribution in [-0.2, 0) is 9.53 Å². The Morgan fingerprint density at radius 3 is 2.65 bits per heavy atom. The normalized spacial score (nSPS) is 32.8. The van der Waals surface area contributed by atoms with E-state index in [2.05, 4.69) is 23.9 Å². The van der Waals surface area contributed by atoms with Crippen molar-refractivity contribution in [3.05, 3.63) is 0 Å². The van der Waals surface area contributed by atoms with E-state index in [0.717, 1.165) is 31.7 Å². The van der Waals surface area contributed by atoms with Crippen molar-refractivity contribution >= 4 is 5.97 Å². The van der Waals surface area contributed by atoms with Gasteiger partial charge in [0, 0.05) is 12.6 Å². The maximum absolute atomic E-state index is 11.8. The second kappa shape index (κ2) is 6.41. The Hall–Kier alpha value is -0.650. The van der Waals surface area contributed by atoms with Crippen LogP contribution in [0.25, 0.3) is 0 Å². The van der Waals surface area contributed by atoms with E-state index in [1.165, 1.54) is 33.0 Å². The van der Waals surface area contributed by atoms with E-state index < -0.39 is 5.54 Å². The van der Waals surface area contributed by atoms with Crippen LogP contribution in [0.2, 0.25) is 0 Å². The van der Waals surface area contributed by atoms with Crippen molar-refractivity contribution in [1.29, 1.82) is 0 Å². The standard InChI is InChI=1S/C15H29N3O2/c1-17-8-5-12(6-9-17)11-18(2)13-4-7-15(16,10-13)14(19)20-3/h12-13H,4-11,16H2,1-3H3. The van der Waals surface area contributed by atoms with Crippen LogP contribution in [0.15, 0.2) is 0 Å². The van der Waals surface area contributed by atoms with E-state index in [0.29, 0.717) is 6.04 Å². The molecule has 5 nitrogen and oxygen atoms in total. The second-order valence-electron chi connectivity index (χ2n) is 6.73. The van der Waals surface area contributed by atoms with E-state index in [4.69, 9.17) is 10.5 Å². The van der Waals surface area contributed by atoms with Gasteiger partial charge in [-0.1, -0.05) is 0 Å². The number of hydrogen-bond donors (Lipinski definition) is 1. The summed E-state index contributed by atoms with van der Waals surface area (Å²) in [6.07, 6.45) is 5.01. The maximum atomic E-state index is 11.8. The van der Waals surface area contributed by atoms with Crippen molar-refractivity contribution < 1.29 is 9.53 Å². The summed E-state index contributed by atoms with van der Waals surface area (Å²) in [5, 5.41) is 0. The molecule has 1 aliphatic carbocycles. The summed E-state index contributed by atoms with van der Waals surface area (Å²) in [4.78, 5) is 16.6. The van der Waals surface area contributed by atoms with Crippen LogP contribution in [0.3, 0.4) is 0 Å². The summed E-state index contributed by atoms with van der Waals surface area (Å²) >= 11 is 0. The summed E-state index contributed by atoms with van der Waals surface area (Å²) in [5.41, 5.74) is 5.42. The first-order valence-corrected chi connectivity index (χ1v) is 7.70. The smallest absolute Gasteiger partial charge is 0.325 e. The number of nitrogens with zero attached hydrogens (tertiary/aromatic N) is 2. The molecule has 0 amide bonds. The third-order valence-corrected chi connectivity index (χ3v) is 5.12. The zero-order valence-electron chi connectivity index (χ0n) is 13.1. The van der Waals surface area contributed by atoms with E-state index in [1.54, 1.807) is 0 Å². The Labute approximate surface area is 122 Å². The molecule has 0 radical (unpaired) electrons. The van der Waals surface area contributed by atoms with E-state index >= 15 is 0 Å². The average molecular weight is 283 g/mol. The van der Waals surface area contributed by atoms with Gasteiger partial charge < -0.3 is 20.3 Å². The van der Waals surface area contributed by atoms with Gasteiger partial charge in [0.2, 0.25) is 0 Å². The molecule has 2 atom stereocenters. The third kappa shape index (κ3) is 3.51. The highest BCUT2D eigenvalue weighted by Crippen LogP contribution is 2.32. The molecule has 0 aromatic carbocycles. The molecule has 2 aliphatic rings. The summed E-state index contributed by atoms with van der Waals surface area (Å²) in [7, 11) is 5.79. The predicted octanol–water partition coefficient (Wildman–Crippen LogP) is 0.683. The molecule has 2 unspecified atom stereocenters. The Balaban J connectivity index is 1.82. The third-order valence-electron chi connectivity index (χ3n) is 5.12. The van der Waals surface area contributed by atoms with Crippen molar-refractivity contribution in [1.82, 2.24) is 9.80 Å². The van der Waals surface area contributed by atoms with Crippen molar-refractivity contribution in [2.24, 2.45) is 11.7 Å². The minimum absolute atomic E-state index is 0.257. The van der Waals surface area contributed by atoms with Gasteiger partial charge in [-0.25, -0.2) is 0 Å². The number of carbonyl (C=O) groups excluding carboxylic acids is 1. The first-order chi connectivity index (χ1) is 9.44. The molecule has 1 aliphatic heterocycles. The van der Waals surface area contributed by atoms with Gasteiger partial charge in [-0.15, -0.1) is 0 Å². The molecular formula is C15H29N3O2. The number of hydrogen-bond acceptors (Lipinski definition) is 5. The highest BCUT2D eigenvalue weighted by Gasteiger charge is 2.44. The fraction of sp³-hybridized carbons (Fsp3) is 0.933. The molecule has 1 saturated heterocycles. The van der Waals surface area contributed by atoms with Crippen LogP contribution in [-0.4, -0.2) is 68.2 Å². The number of esters is 1. The van der Waals surface area contributed by atoms with E-state index in [1.807, 2.05) is 0 Å². The highest BCUT2D eigenvalue weighted by atomic mass is 16.5. The minimum atomic E-state index is -0.763. The lowest BCUT2D eigenvalue weighted by atomic mass is 9.95. The summed E-state index contributed by atoms with van der Waals surface area (Å²) in [6, 6.07) is 0.416. The Kier molecular flexibility index (Phi) is 5.04. The van der Waals surface area contributed by atoms with Gasteiger partial charge in [-0.2, -0.15) is 0 Å². The molecule has 5 heteroatoms. The quantitative estimate of drug-likeness (QED) is 0.769. The lowest BCUT2D eigenvalue weighted by Crippen LogP contribution is -2.48. The molecular weight excluding hydrogens is 254 g/mol. The SMILES string of the molecule is COC(=O)C1(N)CCC(N(C)CC2CCN(C)CC2)C1. The lowest BCUT2D eigenvalue weighted by molar-refractivity contribution is -0.146. The molecule has 0 aromatic rings. The lowest BCUT2D eigenvalue weighted by Gasteiger charge is -2.34. The molecule has 1 saturated carbocycles. The van der Waals surface area contributed by atoms with E-state index in [9.17, 15) is 4.79 Å². The highest BCUT2D eigenvalue weighted by molar-refractivity contribution is 5.81. The van der Waals surface area contributed by atoms with Crippen LogP contribution in [0.4, 0.5) is 0 Å². The van der Waals surface area contributed by atoms with Crippen molar-refractivity contribution in [3.8, 4) is 0 Å². The number of likely N-dealkylation sites (tertiary alicyclic amines) is 1. The van der Waals surface area contributed by atoms with Gasteiger partial charge in [0.25, 0.3) is 0 Å². The van der Waals surface area contributed by atoms with Gasteiger partial charge in [-0.05, 0) is 65.2 Å². The molecule has 0 spiro atoms. The largest absolute Gasteiger partial charge is 0.468 e. The zero-order valence-corrected chi connectivity index (χ0v) is 13.1. The fourth-order valence-corrected chi connectivity index (χ4v) is 3.61. The minimum Gasteiger partial charge on any atom is -0.468 e. The molecule has 2 N–H and O–H groups in total. The first kappa shape index (κ1) is 15.7. The number of ether oxygens (including phenoxy) is 1. The molecule has 116 valence electrons. The first-order valence-electron chi connectivity index (χ1n) is 7.70. The van der Waals surface area contributed by atoms with Crippen molar-refractivity contribution in [2.45, 2.75) is 43.7 Å². The fourth-order valence-electron chi connectivity index (χ4n) is 3.61. The number of rotatable bonds is 4. The molecule has 1 heterocycles. The van der Waals surface area contributed by atoms with Crippen molar-refractivity contribution in [2.75, 3.05) is 40.8 Å². The maximum Gasteiger partial charge on any atom is 0.325 e. The number of nitrogens with two attached hydrogens (primary N) is 1. The Morgan fingerprint density at radius 1 is 1.40 bits per heavy atom. The molecule has 20 heavy (non-hydrogen) atoms. The van der Waals surface area contributed by atoms with E-state index in [-0.39, 0.29) is 5.97 Å². The molecule has 2 rings (SSSR count). The Morgan fingerprint density at radius 2 is 2.05 bits per heavy atom. The van der Waals surface area contributed by atoms with Crippen LogP contribution in [0.1, 0.15) is 32.1 Å². The topological polar surface area (TPSA) is 58.8 Å². The monoisotopic (exact) mass is 283 g/mol. The van der Waals surface area contributed by atoms with Gasteiger partial charge in [0.05, 0.1) is 7.11 Å². The average Bonchev–Trinajstić information content (AvgIpc) is 2.84. The summed E-state index contributed by atoms with van der Waals surface area (Å²) in [5.74, 6) is 0.523. The molecule has 0 bridgehead atoms. The molecule has 0 aromatic heterocycles.